The molecule has 2 heteroatoms. The van der Waals surface area contributed by atoms with Crippen LogP contribution in [0.1, 0.15) is 27.7 Å². The van der Waals surface area contributed by atoms with E-state index in [-0.39, 0.29) is 0 Å². The summed E-state index contributed by atoms with van der Waals surface area (Å²) in [6, 6.07) is 0. The summed E-state index contributed by atoms with van der Waals surface area (Å²) < 4.78 is 5.17. The lowest BCUT2D eigenvalue weighted by atomic mass is 10.0. The second-order valence-corrected chi connectivity index (χ2v) is 2.49. The highest BCUT2D eigenvalue weighted by molar-refractivity contribution is 4.65. The summed E-state index contributed by atoms with van der Waals surface area (Å²) in [5.41, 5.74) is 0. The van der Waals surface area contributed by atoms with E-state index in [4.69, 9.17) is 9.84 Å². The largest absolute Gasteiger partial charge is 0.400 e. The third-order valence-corrected chi connectivity index (χ3v) is 1.73. The molecule has 11 heavy (non-hydrogen) atoms. The number of ether oxygens (including phenoxy) is 1. The molecule has 0 aromatic heterocycles. The van der Waals surface area contributed by atoms with Crippen molar-refractivity contribution >= 4 is 0 Å². The van der Waals surface area contributed by atoms with Gasteiger partial charge in [0.1, 0.15) is 0 Å². The molecule has 1 rings (SSSR count). The Bertz CT molecular complexity index is 56.6. The van der Waals surface area contributed by atoms with Crippen LogP contribution in [0.2, 0.25) is 0 Å². The number of hydrogen-bond donors (Lipinski definition) is 1. The van der Waals surface area contributed by atoms with Gasteiger partial charge in [-0.2, -0.15) is 0 Å². The molecule has 1 aliphatic heterocycles. The minimum absolute atomic E-state index is 0.792. The number of rotatable bonds is 0. The monoisotopic (exact) mass is 162 g/mol. The normalized spacial score (nSPS) is 27.8. The van der Waals surface area contributed by atoms with Gasteiger partial charge in [0.15, 0.2) is 0 Å². The molecular formula is C9H22O2. The molecular weight excluding hydrogens is 140 g/mol. The minimum atomic E-state index is 0.792. The molecule has 1 N–H and O–H groups in total. The van der Waals surface area contributed by atoms with Crippen molar-refractivity contribution < 1.29 is 9.84 Å². The van der Waals surface area contributed by atoms with Gasteiger partial charge in [-0.1, -0.05) is 27.7 Å². The zero-order chi connectivity index (χ0) is 9.28. The van der Waals surface area contributed by atoms with Crippen LogP contribution in [0.4, 0.5) is 0 Å². The highest BCUT2D eigenvalue weighted by atomic mass is 16.5. The van der Waals surface area contributed by atoms with Crippen LogP contribution in [0, 0.1) is 11.8 Å². The molecule has 0 amide bonds. The molecule has 1 saturated heterocycles. The lowest BCUT2D eigenvalue weighted by Gasteiger charge is -2.01. The predicted octanol–water partition coefficient (Wildman–Crippen LogP) is 1.92. The average Bonchev–Trinajstić information content (AvgIpc) is 2.44. The Morgan fingerprint density at radius 3 is 1.36 bits per heavy atom. The first kappa shape index (κ1) is 13.5. The van der Waals surface area contributed by atoms with E-state index >= 15 is 0 Å². The van der Waals surface area contributed by atoms with Crippen molar-refractivity contribution in [1.29, 1.82) is 0 Å². The predicted molar refractivity (Wildman–Crippen MR) is 48.6 cm³/mol. The van der Waals surface area contributed by atoms with Crippen molar-refractivity contribution in [3.8, 4) is 0 Å². The molecule has 0 spiro atoms. The molecule has 0 aromatic rings. The summed E-state index contributed by atoms with van der Waals surface area (Å²) >= 11 is 0. The third-order valence-electron chi connectivity index (χ3n) is 1.73. The first-order chi connectivity index (χ1) is 5.30. The molecule has 1 aliphatic rings. The van der Waals surface area contributed by atoms with Gasteiger partial charge in [-0.05, 0) is 11.8 Å². The van der Waals surface area contributed by atoms with E-state index in [2.05, 4.69) is 13.8 Å². The zero-order valence-corrected chi connectivity index (χ0v) is 8.42. The van der Waals surface area contributed by atoms with Gasteiger partial charge in [-0.25, -0.2) is 0 Å². The van der Waals surface area contributed by atoms with Crippen molar-refractivity contribution in [2.24, 2.45) is 11.8 Å². The molecule has 0 radical (unpaired) electrons. The SMILES string of the molecule is CC.CO.C[C@@H]1COC[C@@H]1C. The summed E-state index contributed by atoms with van der Waals surface area (Å²) in [5, 5.41) is 7.00. The van der Waals surface area contributed by atoms with Crippen molar-refractivity contribution in [2.45, 2.75) is 27.7 Å². The van der Waals surface area contributed by atoms with Crippen LogP contribution >= 0.6 is 0 Å². The van der Waals surface area contributed by atoms with Gasteiger partial charge in [0, 0.05) is 20.3 Å². The number of hydrogen-bond acceptors (Lipinski definition) is 2. The lowest BCUT2D eigenvalue weighted by Crippen LogP contribution is -2.01. The van der Waals surface area contributed by atoms with Crippen LogP contribution in [0.25, 0.3) is 0 Å². The van der Waals surface area contributed by atoms with Crippen LogP contribution in [0.3, 0.4) is 0 Å². The highest BCUT2D eigenvalue weighted by Crippen LogP contribution is 2.17. The quantitative estimate of drug-likeness (QED) is 0.589. The molecule has 70 valence electrons. The Kier molecular flexibility index (Phi) is 12.2. The van der Waals surface area contributed by atoms with Crippen LogP contribution in [0.5, 0.6) is 0 Å². The van der Waals surface area contributed by atoms with Gasteiger partial charge in [-0.15, -0.1) is 0 Å². The molecule has 0 aromatic carbocycles. The van der Waals surface area contributed by atoms with Crippen LogP contribution in [0.15, 0.2) is 0 Å². The van der Waals surface area contributed by atoms with E-state index in [1.165, 1.54) is 0 Å². The summed E-state index contributed by atoms with van der Waals surface area (Å²) in [6.45, 7) is 10.4. The molecule has 2 atom stereocenters. The van der Waals surface area contributed by atoms with Crippen LogP contribution < -0.4 is 0 Å². The summed E-state index contributed by atoms with van der Waals surface area (Å²) in [5.74, 6) is 1.58. The topological polar surface area (TPSA) is 29.5 Å². The zero-order valence-electron chi connectivity index (χ0n) is 8.42. The Balaban J connectivity index is 0. The van der Waals surface area contributed by atoms with E-state index in [0.29, 0.717) is 0 Å². The van der Waals surface area contributed by atoms with E-state index in [1.807, 2.05) is 13.8 Å². The van der Waals surface area contributed by atoms with Gasteiger partial charge in [0.25, 0.3) is 0 Å². The molecule has 2 nitrogen and oxygen atoms in total. The van der Waals surface area contributed by atoms with Gasteiger partial charge in [0.05, 0.1) is 0 Å². The Morgan fingerprint density at radius 1 is 1.00 bits per heavy atom. The van der Waals surface area contributed by atoms with Crippen LogP contribution in [-0.2, 0) is 4.74 Å². The summed E-state index contributed by atoms with van der Waals surface area (Å²) in [7, 11) is 1.00. The first-order valence-electron chi connectivity index (χ1n) is 4.33. The maximum atomic E-state index is 7.00. The second-order valence-electron chi connectivity index (χ2n) is 2.49. The van der Waals surface area contributed by atoms with E-state index in [0.717, 1.165) is 32.2 Å². The molecule has 1 fully saturated rings. The lowest BCUT2D eigenvalue weighted by molar-refractivity contribution is 0.183. The van der Waals surface area contributed by atoms with Gasteiger partial charge in [-0.3, -0.25) is 0 Å². The Hall–Kier alpha value is -0.0800. The van der Waals surface area contributed by atoms with E-state index < -0.39 is 0 Å². The number of aliphatic hydroxyl groups excluding tert-OH is 1. The Morgan fingerprint density at radius 2 is 1.27 bits per heavy atom. The Labute approximate surface area is 70.6 Å². The van der Waals surface area contributed by atoms with Gasteiger partial charge < -0.3 is 9.84 Å². The highest BCUT2D eigenvalue weighted by Gasteiger charge is 2.18. The molecule has 0 aliphatic carbocycles. The fraction of sp³-hybridized carbons (Fsp3) is 1.00. The van der Waals surface area contributed by atoms with Crippen LogP contribution in [-0.4, -0.2) is 25.4 Å². The van der Waals surface area contributed by atoms with Crippen molar-refractivity contribution in [1.82, 2.24) is 0 Å². The average molecular weight is 162 g/mol. The molecule has 1 heterocycles. The van der Waals surface area contributed by atoms with Crippen molar-refractivity contribution in [3.05, 3.63) is 0 Å². The van der Waals surface area contributed by atoms with Gasteiger partial charge >= 0.3 is 0 Å². The second kappa shape index (κ2) is 9.92. The fourth-order valence-electron chi connectivity index (χ4n) is 0.768. The van der Waals surface area contributed by atoms with E-state index in [1.54, 1.807) is 0 Å². The molecule has 0 bridgehead atoms. The van der Waals surface area contributed by atoms with Gasteiger partial charge in [0.2, 0.25) is 0 Å². The molecule has 0 saturated carbocycles. The standard InChI is InChI=1S/C6H12O.C2H6.CH4O/c1-5-3-7-4-6(5)2;2*1-2/h5-6H,3-4H2,1-2H3;1-2H3;2H,1H3/t5-,6+;;. The third kappa shape index (κ3) is 6.32. The molecule has 0 unspecified atom stereocenters. The minimum Gasteiger partial charge on any atom is -0.400 e. The smallest absolute Gasteiger partial charge is 0.0495 e. The van der Waals surface area contributed by atoms with Crippen molar-refractivity contribution in [3.63, 3.8) is 0 Å². The number of aliphatic hydroxyl groups is 1. The summed E-state index contributed by atoms with van der Waals surface area (Å²) in [6.07, 6.45) is 0. The fourth-order valence-corrected chi connectivity index (χ4v) is 0.768. The van der Waals surface area contributed by atoms with E-state index in [9.17, 15) is 0 Å². The maximum absolute atomic E-state index is 7.00. The first-order valence-corrected chi connectivity index (χ1v) is 4.33. The van der Waals surface area contributed by atoms with Crippen molar-refractivity contribution in [2.75, 3.05) is 20.3 Å². The summed E-state index contributed by atoms with van der Waals surface area (Å²) in [4.78, 5) is 0. The maximum Gasteiger partial charge on any atom is 0.0495 e.